The Morgan fingerprint density at radius 1 is 1.56 bits per heavy atom. The second-order valence-electron chi connectivity index (χ2n) is 3.14. The number of nitrogens with zero attached hydrogens (tertiary/aromatic N) is 1. The molecule has 0 unspecified atom stereocenters. The van der Waals surface area contributed by atoms with Crippen molar-refractivity contribution in [1.29, 1.82) is 0 Å². The average Bonchev–Trinajstić information content (AvgIpc) is 2.75. The molecule has 18 heavy (non-hydrogen) atoms. The molecule has 0 aromatic carbocycles. The molecule has 1 rings (SSSR count). The van der Waals surface area contributed by atoms with Gasteiger partial charge in [-0.3, -0.25) is 14.9 Å². The Balaban J connectivity index is 0.00000289. The van der Waals surface area contributed by atoms with Crippen molar-refractivity contribution in [3.63, 3.8) is 0 Å². The number of rotatable bonds is 5. The Bertz CT molecular complexity index is 441. The first kappa shape index (κ1) is 16.7. The molecular formula is C8H10ClF2N3O3S. The van der Waals surface area contributed by atoms with E-state index in [9.17, 15) is 23.7 Å². The van der Waals surface area contributed by atoms with Crippen LogP contribution in [0.2, 0.25) is 0 Å². The molecule has 0 spiro atoms. The molecule has 0 saturated carbocycles. The van der Waals surface area contributed by atoms with E-state index >= 15 is 0 Å². The van der Waals surface area contributed by atoms with Gasteiger partial charge in [-0.15, -0.1) is 12.4 Å². The maximum Gasteiger partial charge on any atom is 0.324 e. The number of halogens is 3. The summed E-state index contributed by atoms with van der Waals surface area (Å²) >= 11 is 0.620. The van der Waals surface area contributed by atoms with Gasteiger partial charge in [-0.2, -0.15) is 0 Å². The molecule has 1 aromatic heterocycles. The van der Waals surface area contributed by atoms with Crippen molar-refractivity contribution in [2.45, 2.75) is 5.92 Å². The summed E-state index contributed by atoms with van der Waals surface area (Å²) in [5.41, 5.74) is 4.79. The SMILES string of the molecule is Cl.NCC(F)(F)CNC(=O)c1ccc([N+](=O)[O-])s1. The third kappa shape index (κ3) is 4.51. The van der Waals surface area contributed by atoms with Gasteiger partial charge in [0.1, 0.15) is 0 Å². The lowest BCUT2D eigenvalue weighted by atomic mass is 10.3. The van der Waals surface area contributed by atoms with Crippen LogP contribution in [-0.4, -0.2) is 29.8 Å². The number of thiophene rings is 1. The first-order chi connectivity index (χ1) is 7.85. The molecule has 1 heterocycles. The van der Waals surface area contributed by atoms with Gasteiger partial charge in [0.05, 0.1) is 22.9 Å². The third-order valence-electron chi connectivity index (χ3n) is 1.80. The van der Waals surface area contributed by atoms with Crippen molar-refractivity contribution in [1.82, 2.24) is 5.32 Å². The fourth-order valence-electron chi connectivity index (χ4n) is 0.917. The Hall–Kier alpha value is -1.32. The molecule has 0 aliphatic carbocycles. The number of amides is 1. The standard InChI is InChI=1S/C8H9F2N3O3S.ClH/c9-8(10,3-11)4-12-7(14)5-1-2-6(17-5)13(15)16;/h1-2H,3-4,11H2,(H,12,14);1H. The van der Waals surface area contributed by atoms with Crippen LogP contribution in [0.25, 0.3) is 0 Å². The van der Waals surface area contributed by atoms with Gasteiger partial charge in [-0.1, -0.05) is 11.3 Å². The normalized spacial score (nSPS) is 10.6. The van der Waals surface area contributed by atoms with Crippen molar-refractivity contribution < 1.29 is 18.5 Å². The molecule has 102 valence electrons. The molecule has 0 saturated heterocycles. The molecule has 1 aromatic rings. The van der Waals surface area contributed by atoms with Crippen LogP contribution in [0.15, 0.2) is 12.1 Å². The first-order valence-electron chi connectivity index (χ1n) is 4.46. The monoisotopic (exact) mass is 301 g/mol. The topological polar surface area (TPSA) is 98.3 Å². The van der Waals surface area contributed by atoms with Crippen LogP contribution in [0.4, 0.5) is 13.8 Å². The first-order valence-corrected chi connectivity index (χ1v) is 5.28. The number of hydrogen-bond acceptors (Lipinski definition) is 5. The quantitative estimate of drug-likeness (QED) is 0.634. The van der Waals surface area contributed by atoms with Gasteiger partial charge in [0.2, 0.25) is 0 Å². The highest BCUT2D eigenvalue weighted by atomic mass is 35.5. The summed E-state index contributed by atoms with van der Waals surface area (Å²) in [4.78, 5) is 21.0. The van der Waals surface area contributed by atoms with Crippen molar-refractivity contribution in [2.24, 2.45) is 5.73 Å². The molecule has 10 heteroatoms. The number of carbonyl (C=O) groups excluding carboxylic acids is 1. The molecule has 1 amide bonds. The summed E-state index contributed by atoms with van der Waals surface area (Å²) in [6, 6.07) is 2.35. The highest BCUT2D eigenvalue weighted by Crippen LogP contribution is 2.23. The van der Waals surface area contributed by atoms with Gasteiger partial charge in [-0.25, -0.2) is 8.78 Å². The Labute approximate surface area is 111 Å². The fraction of sp³-hybridized carbons (Fsp3) is 0.375. The van der Waals surface area contributed by atoms with Gasteiger partial charge in [0, 0.05) is 6.07 Å². The minimum absolute atomic E-state index is 0. The molecule has 0 radical (unpaired) electrons. The molecule has 0 fully saturated rings. The zero-order valence-corrected chi connectivity index (χ0v) is 10.5. The van der Waals surface area contributed by atoms with E-state index in [0.29, 0.717) is 11.3 Å². The maximum absolute atomic E-state index is 12.7. The van der Waals surface area contributed by atoms with E-state index in [1.54, 1.807) is 0 Å². The van der Waals surface area contributed by atoms with Crippen LogP contribution < -0.4 is 11.1 Å². The highest BCUT2D eigenvalue weighted by Gasteiger charge is 2.27. The molecule has 0 aliphatic rings. The van der Waals surface area contributed by atoms with Crippen molar-refractivity contribution >= 4 is 34.7 Å². The van der Waals surface area contributed by atoms with E-state index in [2.05, 4.69) is 0 Å². The predicted molar refractivity (Wildman–Crippen MR) is 64.6 cm³/mol. The van der Waals surface area contributed by atoms with E-state index in [-0.39, 0.29) is 22.3 Å². The second kappa shape index (κ2) is 6.57. The van der Waals surface area contributed by atoms with Crippen LogP contribution in [0.1, 0.15) is 9.67 Å². The number of nitrogens with two attached hydrogens (primary N) is 1. The predicted octanol–water partition coefficient (Wildman–Crippen LogP) is 1.40. The molecule has 3 N–H and O–H groups in total. The van der Waals surface area contributed by atoms with Crippen LogP contribution in [0.3, 0.4) is 0 Å². The number of hydrogen-bond donors (Lipinski definition) is 2. The Morgan fingerprint density at radius 3 is 2.61 bits per heavy atom. The minimum atomic E-state index is -3.18. The number of alkyl halides is 2. The van der Waals surface area contributed by atoms with E-state index in [1.165, 1.54) is 6.07 Å². The van der Waals surface area contributed by atoms with E-state index < -0.39 is 29.8 Å². The lowest BCUT2D eigenvalue weighted by Crippen LogP contribution is -2.41. The van der Waals surface area contributed by atoms with E-state index in [4.69, 9.17) is 5.73 Å². The fourth-order valence-corrected chi connectivity index (χ4v) is 1.65. The van der Waals surface area contributed by atoms with Gasteiger partial charge < -0.3 is 11.1 Å². The second-order valence-corrected chi connectivity index (χ2v) is 4.20. The van der Waals surface area contributed by atoms with Crippen LogP contribution in [0, 0.1) is 10.1 Å². The summed E-state index contributed by atoms with van der Waals surface area (Å²) in [5, 5.41) is 12.1. The number of nitro groups is 1. The summed E-state index contributed by atoms with van der Waals surface area (Å²) in [6.07, 6.45) is 0. The van der Waals surface area contributed by atoms with Gasteiger partial charge in [-0.05, 0) is 6.07 Å². The van der Waals surface area contributed by atoms with Gasteiger partial charge in [0.15, 0.2) is 0 Å². The number of carbonyl (C=O) groups is 1. The summed E-state index contributed by atoms with van der Waals surface area (Å²) in [6.45, 7) is -1.77. The van der Waals surface area contributed by atoms with Crippen LogP contribution >= 0.6 is 23.7 Å². The number of nitrogens with one attached hydrogen (secondary N) is 1. The smallest absolute Gasteiger partial charge is 0.324 e. The van der Waals surface area contributed by atoms with Gasteiger partial charge in [0.25, 0.3) is 11.8 Å². The molecular weight excluding hydrogens is 292 g/mol. The van der Waals surface area contributed by atoms with E-state index in [0.717, 1.165) is 6.07 Å². The Morgan fingerprint density at radius 2 is 2.17 bits per heavy atom. The Kier molecular flexibility index (Phi) is 6.09. The molecule has 0 aliphatic heterocycles. The molecule has 0 atom stereocenters. The van der Waals surface area contributed by atoms with E-state index in [1.807, 2.05) is 5.32 Å². The summed E-state index contributed by atoms with van der Waals surface area (Å²) in [7, 11) is 0. The van der Waals surface area contributed by atoms with Gasteiger partial charge >= 0.3 is 5.00 Å². The van der Waals surface area contributed by atoms with Crippen LogP contribution in [0.5, 0.6) is 0 Å². The van der Waals surface area contributed by atoms with Crippen molar-refractivity contribution in [3.8, 4) is 0 Å². The molecule has 6 nitrogen and oxygen atoms in total. The lowest BCUT2D eigenvalue weighted by molar-refractivity contribution is -0.380. The zero-order valence-electron chi connectivity index (χ0n) is 8.89. The van der Waals surface area contributed by atoms with Crippen molar-refractivity contribution in [2.75, 3.05) is 13.1 Å². The van der Waals surface area contributed by atoms with Crippen LogP contribution in [-0.2, 0) is 0 Å². The summed E-state index contributed by atoms with van der Waals surface area (Å²) in [5.74, 6) is -3.96. The zero-order chi connectivity index (χ0) is 13.1. The maximum atomic E-state index is 12.7. The third-order valence-corrected chi connectivity index (χ3v) is 2.84. The summed E-state index contributed by atoms with van der Waals surface area (Å²) < 4.78 is 25.4. The average molecular weight is 302 g/mol. The van der Waals surface area contributed by atoms with Crippen molar-refractivity contribution in [3.05, 3.63) is 27.1 Å². The highest BCUT2D eigenvalue weighted by molar-refractivity contribution is 7.17. The minimum Gasteiger partial charge on any atom is -0.345 e. The molecule has 0 bridgehead atoms. The largest absolute Gasteiger partial charge is 0.345 e. The lowest BCUT2D eigenvalue weighted by Gasteiger charge is -2.13.